The Kier molecular flexibility index (Phi) is 14.3. The quantitative estimate of drug-likeness (QED) is 0.256. The first-order chi connectivity index (χ1) is 19.0. The van der Waals surface area contributed by atoms with Crippen molar-refractivity contribution in [3.63, 3.8) is 0 Å². The SMILES string of the molecule is COc1ccc(C=O)cc1.COc1ccc(CN)cc1.COc1ccc(CNCc2ccc(OC)cc2)cc1. The number of benzene rings is 4. The maximum Gasteiger partial charge on any atom is 0.150 e. The van der Waals surface area contributed by atoms with Crippen LogP contribution in [0.15, 0.2) is 97.1 Å². The van der Waals surface area contributed by atoms with Gasteiger partial charge in [0, 0.05) is 25.2 Å². The van der Waals surface area contributed by atoms with Gasteiger partial charge in [-0.25, -0.2) is 0 Å². The maximum atomic E-state index is 10.2. The molecule has 0 aliphatic rings. The fourth-order valence-corrected chi connectivity index (χ4v) is 3.28. The number of aldehydes is 1. The van der Waals surface area contributed by atoms with Crippen molar-refractivity contribution in [1.29, 1.82) is 0 Å². The van der Waals surface area contributed by atoms with Gasteiger partial charge in [0.1, 0.15) is 29.3 Å². The lowest BCUT2D eigenvalue weighted by atomic mass is 10.2. The molecule has 0 heterocycles. The number of rotatable bonds is 10. The molecule has 0 aliphatic carbocycles. The fraction of sp³-hybridized carbons (Fsp3) is 0.219. The molecule has 0 saturated heterocycles. The summed E-state index contributed by atoms with van der Waals surface area (Å²) < 4.78 is 20.1. The van der Waals surface area contributed by atoms with E-state index >= 15 is 0 Å². The van der Waals surface area contributed by atoms with Crippen molar-refractivity contribution in [3.05, 3.63) is 119 Å². The Morgan fingerprint density at radius 1 is 0.538 bits per heavy atom. The van der Waals surface area contributed by atoms with Crippen molar-refractivity contribution in [2.45, 2.75) is 19.6 Å². The normalized spacial score (nSPS) is 9.67. The molecule has 0 radical (unpaired) electrons. The van der Waals surface area contributed by atoms with Crippen LogP contribution < -0.4 is 30.0 Å². The van der Waals surface area contributed by atoms with Crippen LogP contribution in [-0.2, 0) is 19.6 Å². The molecule has 39 heavy (non-hydrogen) atoms. The van der Waals surface area contributed by atoms with E-state index < -0.39 is 0 Å². The second kappa shape index (κ2) is 18.0. The zero-order chi connectivity index (χ0) is 28.3. The lowest BCUT2D eigenvalue weighted by Crippen LogP contribution is -2.12. The summed E-state index contributed by atoms with van der Waals surface area (Å²) in [6.45, 7) is 2.27. The predicted molar refractivity (Wildman–Crippen MR) is 156 cm³/mol. The van der Waals surface area contributed by atoms with Gasteiger partial charge < -0.3 is 30.0 Å². The molecular weight excluding hydrogens is 492 g/mol. The Morgan fingerprint density at radius 3 is 1.13 bits per heavy atom. The number of carbonyl (C=O) groups is 1. The Labute approximate surface area is 231 Å². The molecule has 0 spiro atoms. The van der Waals surface area contributed by atoms with E-state index in [1.807, 2.05) is 48.5 Å². The molecule has 0 fully saturated rings. The van der Waals surface area contributed by atoms with E-state index in [0.717, 1.165) is 47.9 Å². The minimum Gasteiger partial charge on any atom is -0.497 e. The average Bonchev–Trinajstić information content (AvgIpc) is 3.02. The van der Waals surface area contributed by atoms with Crippen LogP contribution in [0.4, 0.5) is 0 Å². The van der Waals surface area contributed by atoms with Crippen molar-refractivity contribution >= 4 is 6.29 Å². The first kappa shape index (κ1) is 30.9. The van der Waals surface area contributed by atoms with Gasteiger partial charge in [0.05, 0.1) is 28.4 Å². The van der Waals surface area contributed by atoms with E-state index in [9.17, 15) is 4.79 Å². The van der Waals surface area contributed by atoms with Gasteiger partial charge in [0.15, 0.2) is 0 Å². The summed E-state index contributed by atoms with van der Waals surface area (Å²) >= 11 is 0. The van der Waals surface area contributed by atoms with Crippen LogP contribution in [0.3, 0.4) is 0 Å². The highest BCUT2D eigenvalue weighted by Crippen LogP contribution is 2.13. The Hall–Kier alpha value is -4.33. The monoisotopic (exact) mass is 530 g/mol. The lowest BCUT2D eigenvalue weighted by molar-refractivity contribution is 0.112. The van der Waals surface area contributed by atoms with Crippen molar-refractivity contribution < 1.29 is 23.7 Å². The second-order valence-corrected chi connectivity index (χ2v) is 8.24. The van der Waals surface area contributed by atoms with Gasteiger partial charge in [-0.3, -0.25) is 4.79 Å². The zero-order valence-electron chi connectivity index (χ0n) is 23.1. The molecule has 0 bridgehead atoms. The van der Waals surface area contributed by atoms with Gasteiger partial charge in [-0.15, -0.1) is 0 Å². The van der Waals surface area contributed by atoms with E-state index in [0.29, 0.717) is 12.1 Å². The number of hydrogen-bond donors (Lipinski definition) is 2. The first-order valence-corrected chi connectivity index (χ1v) is 12.4. The third-order valence-corrected chi connectivity index (χ3v) is 5.62. The molecule has 0 atom stereocenters. The molecule has 4 rings (SSSR count). The van der Waals surface area contributed by atoms with Crippen LogP contribution in [0.25, 0.3) is 0 Å². The highest BCUT2D eigenvalue weighted by Gasteiger charge is 1.97. The highest BCUT2D eigenvalue weighted by atomic mass is 16.5. The average molecular weight is 531 g/mol. The summed E-state index contributed by atoms with van der Waals surface area (Å²) in [5, 5.41) is 3.41. The highest BCUT2D eigenvalue weighted by molar-refractivity contribution is 5.74. The van der Waals surface area contributed by atoms with Crippen molar-refractivity contribution in [2.24, 2.45) is 5.73 Å². The van der Waals surface area contributed by atoms with Gasteiger partial charge in [0.2, 0.25) is 0 Å². The molecule has 0 unspecified atom stereocenters. The molecule has 0 saturated carbocycles. The standard InChI is InChI=1S/C16H19NO2.C8H11NO.C8H8O2/c1-18-15-7-3-13(4-8-15)11-17-12-14-5-9-16(19-2)10-6-14;2*1-10-8-4-2-7(6-9)3-5-8/h3-10,17H,11-12H2,1-2H3;2-5H,6,9H2,1H3;2-6H,1H3. The topological polar surface area (TPSA) is 92.0 Å². The number of carbonyl (C=O) groups excluding carboxylic acids is 1. The smallest absolute Gasteiger partial charge is 0.150 e. The molecule has 3 N–H and O–H groups in total. The summed E-state index contributed by atoms with van der Waals surface area (Å²) in [6, 6.07) is 30.8. The lowest BCUT2D eigenvalue weighted by Gasteiger charge is -2.07. The van der Waals surface area contributed by atoms with E-state index in [2.05, 4.69) is 29.6 Å². The summed E-state index contributed by atoms with van der Waals surface area (Å²) in [6.07, 6.45) is 0.805. The van der Waals surface area contributed by atoms with Crippen LogP contribution in [0.1, 0.15) is 27.0 Å². The summed E-state index contributed by atoms with van der Waals surface area (Å²) in [5.74, 6) is 3.42. The Bertz CT molecular complexity index is 1120. The predicted octanol–water partition coefficient (Wildman–Crippen LogP) is 5.66. The fourth-order valence-electron chi connectivity index (χ4n) is 3.28. The van der Waals surface area contributed by atoms with Crippen LogP contribution in [0.2, 0.25) is 0 Å². The number of nitrogens with two attached hydrogens (primary N) is 1. The van der Waals surface area contributed by atoms with Gasteiger partial charge in [-0.1, -0.05) is 36.4 Å². The molecule has 4 aromatic carbocycles. The van der Waals surface area contributed by atoms with Gasteiger partial charge in [-0.2, -0.15) is 0 Å². The van der Waals surface area contributed by atoms with Crippen LogP contribution in [0, 0.1) is 0 Å². The third-order valence-electron chi connectivity index (χ3n) is 5.62. The van der Waals surface area contributed by atoms with Crippen molar-refractivity contribution in [2.75, 3.05) is 28.4 Å². The molecule has 0 amide bonds. The minimum absolute atomic E-state index is 0.587. The van der Waals surface area contributed by atoms with E-state index in [-0.39, 0.29) is 0 Å². The first-order valence-electron chi connectivity index (χ1n) is 12.4. The van der Waals surface area contributed by atoms with Crippen LogP contribution >= 0.6 is 0 Å². The third kappa shape index (κ3) is 11.7. The maximum absolute atomic E-state index is 10.2. The van der Waals surface area contributed by atoms with E-state index in [1.165, 1.54) is 11.1 Å². The van der Waals surface area contributed by atoms with Crippen molar-refractivity contribution in [1.82, 2.24) is 5.32 Å². The molecule has 4 aromatic rings. The Balaban J connectivity index is 0.000000225. The molecule has 0 aliphatic heterocycles. The molecule has 206 valence electrons. The number of methoxy groups -OCH3 is 4. The second-order valence-electron chi connectivity index (χ2n) is 8.24. The summed E-state index contributed by atoms with van der Waals surface area (Å²) in [7, 11) is 6.60. The van der Waals surface area contributed by atoms with Crippen LogP contribution in [-0.4, -0.2) is 34.7 Å². The number of hydrogen-bond acceptors (Lipinski definition) is 7. The van der Waals surface area contributed by atoms with Crippen LogP contribution in [0.5, 0.6) is 23.0 Å². The minimum atomic E-state index is 0.587. The van der Waals surface area contributed by atoms with Gasteiger partial charge in [-0.05, 0) is 77.4 Å². The molecule has 0 aromatic heterocycles. The number of ether oxygens (including phenoxy) is 4. The molecule has 7 heteroatoms. The largest absolute Gasteiger partial charge is 0.497 e. The molecular formula is C32H38N2O5. The summed E-state index contributed by atoms with van der Waals surface area (Å²) in [4.78, 5) is 10.2. The molecule has 7 nitrogen and oxygen atoms in total. The summed E-state index contributed by atoms with van der Waals surface area (Å²) in [5.41, 5.74) is 9.68. The van der Waals surface area contributed by atoms with Gasteiger partial charge >= 0.3 is 0 Å². The van der Waals surface area contributed by atoms with E-state index in [4.69, 9.17) is 24.7 Å². The Morgan fingerprint density at radius 2 is 0.846 bits per heavy atom. The van der Waals surface area contributed by atoms with Gasteiger partial charge in [0.25, 0.3) is 0 Å². The zero-order valence-corrected chi connectivity index (χ0v) is 23.1. The van der Waals surface area contributed by atoms with Crippen molar-refractivity contribution in [3.8, 4) is 23.0 Å². The van der Waals surface area contributed by atoms with E-state index in [1.54, 1.807) is 52.7 Å². The number of nitrogens with one attached hydrogen (secondary N) is 1.